The number of carboxylic acids is 1. The van der Waals surface area contributed by atoms with E-state index in [4.69, 9.17) is 4.74 Å². The van der Waals surface area contributed by atoms with Crippen molar-refractivity contribution in [3.05, 3.63) is 39.7 Å². The molecule has 1 aromatic carbocycles. The van der Waals surface area contributed by atoms with E-state index in [1.807, 2.05) is 0 Å². The minimum Gasteiger partial charge on any atom is -0.477 e. The van der Waals surface area contributed by atoms with Crippen molar-refractivity contribution in [1.29, 1.82) is 0 Å². The summed E-state index contributed by atoms with van der Waals surface area (Å²) in [6.45, 7) is 6.13. The quantitative estimate of drug-likeness (QED) is 0.668. The lowest BCUT2D eigenvalue weighted by molar-refractivity contribution is 0.0513. The van der Waals surface area contributed by atoms with Gasteiger partial charge in [-0.15, -0.1) is 0 Å². The number of fused-ring (bicyclic) bond motifs is 1. The van der Waals surface area contributed by atoms with Crippen LogP contribution in [0.1, 0.15) is 69.3 Å². The minimum atomic E-state index is -1.42. The van der Waals surface area contributed by atoms with Crippen molar-refractivity contribution in [3.63, 3.8) is 0 Å². The Bertz CT molecular complexity index is 1300. The number of benzene rings is 1. The summed E-state index contributed by atoms with van der Waals surface area (Å²) in [7, 11) is 0. The fourth-order valence-corrected chi connectivity index (χ4v) is 5.32. The summed E-state index contributed by atoms with van der Waals surface area (Å²) in [6, 6.07) is 0.698. The van der Waals surface area contributed by atoms with Gasteiger partial charge in [0.15, 0.2) is 5.82 Å². The zero-order valence-corrected chi connectivity index (χ0v) is 20.0. The second kappa shape index (κ2) is 7.93. The fraction of sp³-hybridized carbons (Fsp3) is 0.560. The topological polar surface area (TPSA) is 101 Å². The molecule has 2 heterocycles. The van der Waals surface area contributed by atoms with Crippen molar-refractivity contribution < 1.29 is 28.2 Å². The molecule has 0 radical (unpaired) electrons. The van der Waals surface area contributed by atoms with Gasteiger partial charge in [-0.1, -0.05) is 0 Å². The molecule has 3 fully saturated rings. The van der Waals surface area contributed by atoms with Gasteiger partial charge in [0.25, 0.3) is 0 Å². The summed E-state index contributed by atoms with van der Waals surface area (Å²) in [5.74, 6) is -3.17. The largest absolute Gasteiger partial charge is 0.477 e. The number of rotatable bonds is 4. The highest BCUT2D eigenvalue weighted by atomic mass is 19.1. The Balaban J connectivity index is 1.48. The van der Waals surface area contributed by atoms with Gasteiger partial charge < -0.3 is 24.6 Å². The van der Waals surface area contributed by atoms with Gasteiger partial charge in [-0.3, -0.25) is 4.79 Å². The number of piperidine rings is 1. The summed E-state index contributed by atoms with van der Waals surface area (Å²) >= 11 is 0. The Labute approximate surface area is 200 Å². The van der Waals surface area contributed by atoms with Crippen LogP contribution in [0.4, 0.5) is 19.3 Å². The Morgan fingerprint density at radius 3 is 2.60 bits per heavy atom. The first kappa shape index (κ1) is 23.6. The predicted molar refractivity (Wildman–Crippen MR) is 125 cm³/mol. The molecule has 2 unspecified atom stereocenters. The predicted octanol–water partition coefficient (Wildman–Crippen LogP) is 4.20. The lowest BCUT2D eigenvalue weighted by Crippen LogP contribution is -2.43. The standard InChI is InChI=1S/C25H29F2N3O5/c1-24(2,3)35-23(34)28-17-10-25(17)7-4-8-29(12-25)20-16(26)9-14-19(18(20)27)30(13-5-6-13)11-15(21(14)31)22(32)33/h9,11,13,17H,4-8,10,12H2,1-3H3,(H,28,34)(H,32,33). The average molecular weight is 490 g/mol. The van der Waals surface area contributed by atoms with Crippen LogP contribution < -0.4 is 15.6 Å². The molecule has 2 aromatic rings. The molecular formula is C25H29F2N3O5. The van der Waals surface area contributed by atoms with Crippen LogP contribution in [0.15, 0.2) is 17.1 Å². The maximum Gasteiger partial charge on any atom is 0.407 e. The van der Waals surface area contributed by atoms with Crippen LogP contribution in [-0.2, 0) is 4.74 Å². The van der Waals surface area contributed by atoms with Crippen LogP contribution in [0, 0.1) is 17.0 Å². The molecule has 2 saturated carbocycles. The number of halogens is 2. The number of nitrogens with zero attached hydrogens (tertiary/aromatic N) is 2. The Hall–Kier alpha value is -3.17. The number of aromatic carboxylic acids is 1. The zero-order valence-electron chi connectivity index (χ0n) is 20.0. The van der Waals surface area contributed by atoms with Crippen molar-refractivity contribution >= 4 is 28.7 Å². The number of amides is 1. The van der Waals surface area contributed by atoms with E-state index >= 15 is 8.78 Å². The number of nitrogens with one attached hydrogen (secondary N) is 1. The summed E-state index contributed by atoms with van der Waals surface area (Å²) in [4.78, 5) is 38.1. The number of carbonyl (C=O) groups is 2. The Kier molecular flexibility index (Phi) is 5.34. The van der Waals surface area contributed by atoms with Gasteiger partial charge in [-0.2, -0.15) is 0 Å². The first-order chi connectivity index (χ1) is 16.4. The highest BCUT2D eigenvalue weighted by molar-refractivity contribution is 5.94. The average Bonchev–Trinajstić information content (AvgIpc) is 3.66. The smallest absolute Gasteiger partial charge is 0.407 e. The minimum absolute atomic E-state index is 0.0576. The molecule has 188 valence electrons. The van der Waals surface area contributed by atoms with Gasteiger partial charge in [0, 0.05) is 36.8 Å². The van der Waals surface area contributed by atoms with Crippen LogP contribution in [0.2, 0.25) is 0 Å². The maximum absolute atomic E-state index is 16.0. The number of hydrogen-bond donors (Lipinski definition) is 2. The molecule has 5 rings (SSSR count). The van der Waals surface area contributed by atoms with E-state index in [0.717, 1.165) is 25.3 Å². The number of hydrogen-bond acceptors (Lipinski definition) is 5. The molecule has 35 heavy (non-hydrogen) atoms. The molecule has 2 aliphatic carbocycles. The molecule has 1 saturated heterocycles. The second-order valence-corrected chi connectivity index (χ2v) is 11.0. The molecule has 1 aromatic heterocycles. The van der Waals surface area contributed by atoms with Crippen LogP contribution >= 0.6 is 0 Å². The molecule has 2 N–H and O–H groups in total. The number of aromatic nitrogens is 1. The highest BCUT2D eigenvalue weighted by Crippen LogP contribution is 2.53. The molecule has 8 nitrogen and oxygen atoms in total. The zero-order chi connectivity index (χ0) is 25.3. The van der Waals surface area contributed by atoms with Crippen molar-refractivity contribution in [2.75, 3.05) is 18.0 Å². The first-order valence-electron chi connectivity index (χ1n) is 11.9. The third kappa shape index (κ3) is 4.23. The van der Waals surface area contributed by atoms with Gasteiger partial charge in [0.1, 0.15) is 22.7 Å². The van der Waals surface area contributed by atoms with Gasteiger partial charge >= 0.3 is 12.1 Å². The van der Waals surface area contributed by atoms with Gasteiger partial charge in [0.2, 0.25) is 5.43 Å². The maximum atomic E-state index is 16.0. The lowest BCUT2D eigenvalue weighted by Gasteiger charge is -2.36. The SMILES string of the molecule is CC(C)(C)OC(=O)NC1CC12CCCN(c1c(F)cc3c(=O)c(C(=O)O)cn(C4CC4)c3c1F)C2. The summed E-state index contributed by atoms with van der Waals surface area (Å²) in [6.07, 6.45) is 4.32. The Morgan fingerprint density at radius 2 is 1.97 bits per heavy atom. The third-order valence-electron chi connectivity index (χ3n) is 7.16. The van der Waals surface area contributed by atoms with E-state index in [-0.39, 0.29) is 34.1 Å². The van der Waals surface area contributed by atoms with Crippen LogP contribution in [-0.4, -0.2) is 46.5 Å². The third-order valence-corrected chi connectivity index (χ3v) is 7.16. The first-order valence-corrected chi connectivity index (χ1v) is 11.9. The Morgan fingerprint density at radius 1 is 1.26 bits per heavy atom. The van der Waals surface area contributed by atoms with Gasteiger partial charge in [0.05, 0.1) is 10.9 Å². The molecule has 10 heteroatoms. The van der Waals surface area contributed by atoms with E-state index in [9.17, 15) is 19.5 Å². The van der Waals surface area contributed by atoms with Crippen LogP contribution in [0.25, 0.3) is 10.9 Å². The van der Waals surface area contributed by atoms with Gasteiger partial charge in [-0.05, 0) is 58.9 Å². The molecular weight excluding hydrogens is 460 g/mol. The van der Waals surface area contributed by atoms with E-state index in [2.05, 4.69) is 5.32 Å². The number of alkyl carbamates (subject to hydrolysis) is 1. The second-order valence-electron chi connectivity index (χ2n) is 11.0. The number of ether oxygens (including phenoxy) is 1. The molecule has 1 aliphatic heterocycles. The van der Waals surface area contributed by atoms with Crippen molar-refractivity contribution in [3.8, 4) is 0 Å². The van der Waals surface area contributed by atoms with Gasteiger partial charge in [-0.25, -0.2) is 18.4 Å². The summed E-state index contributed by atoms with van der Waals surface area (Å²) < 4.78 is 38.1. The van der Waals surface area contributed by atoms with Crippen molar-refractivity contribution in [2.45, 2.75) is 70.6 Å². The molecule has 1 amide bonds. The number of carboxylic acid groups (broad SMARTS) is 1. The normalized spacial score (nSPS) is 24.0. The number of anilines is 1. The van der Waals surface area contributed by atoms with Crippen molar-refractivity contribution in [1.82, 2.24) is 9.88 Å². The number of pyridine rings is 1. The molecule has 1 spiro atoms. The van der Waals surface area contributed by atoms with Crippen LogP contribution in [0.5, 0.6) is 0 Å². The monoisotopic (exact) mass is 489 g/mol. The molecule has 3 aliphatic rings. The number of carbonyl (C=O) groups excluding carboxylic acids is 1. The van der Waals surface area contributed by atoms with E-state index < -0.39 is 40.3 Å². The molecule has 0 bridgehead atoms. The molecule has 2 atom stereocenters. The summed E-state index contributed by atoms with van der Waals surface area (Å²) in [5.41, 5.74) is -2.59. The van der Waals surface area contributed by atoms with E-state index in [1.165, 1.54) is 10.8 Å². The van der Waals surface area contributed by atoms with Crippen molar-refractivity contribution in [2.24, 2.45) is 5.41 Å². The highest BCUT2D eigenvalue weighted by Gasteiger charge is 2.57. The lowest BCUT2D eigenvalue weighted by atomic mass is 9.93. The van der Waals surface area contributed by atoms with E-state index in [0.29, 0.717) is 25.9 Å². The fourth-order valence-electron chi connectivity index (χ4n) is 5.32. The van der Waals surface area contributed by atoms with E-state index in [1.54, 1.807) is 25.7 Å². The summed E-state index contributed by atoms with van der Waals surface area (Å²) in [5, 5.41) is 12.0. The van der Waals surface area contributed by atoms with Crippen LogP contribution in [0.3, 0.4) is 0 Å².